The first-order valence-electron chi connectivity index (χ1n) is 11.3. The van der Waals surface area contributed by atoms with Gasteiger partial charge in [-0.05, 0) is 54.4 Å². The molecule has 3 aromatic rings. The second kappa shape index (κ2) is 12.9. The third-order valence-corrected chi connectivity index (χ3v) is 4.73. The highest BCUT2D eigenvalue weighted by molar-refractivity contribution is 5.95. The fourth-order valence-corrected chi connectivity index (χ4v) is 3.17. The van der Waals surface area contributed by atoms with Crippen LogP contribution >= 0.6 is 0 Å². The van der Waals surface area contributed by atoms with Crippen LogP contribution in [0.15, 0.2) is 78.9 Å². The number of rotatable bonds is 12. The van der Waals surface area contributed by atoms with Gasteiger partial charge < -0.3 is 25.4 Å². The summed E-state index contributed by atoms with van der Waals surface area (Å²) in [6.45, 7) is 4.86. The van der Waals surface area contributed by atoms with Crippen LogP contribution in [0.1, 0.15) is 20.3 Å². The lowest BCUT2D eigenvalue weighted by molar-refractivity contribution is -0.117. The van der Waals surface area contributed by atoms with Gasteiger partial charge in [-0.2, -0.15) is 0 Å². The number of hydrogen-bond donors (Lipinski definition) is 3. The van der Waals surface area contributed by atoms with E-state index in [-0.39, 0.29) is 18.4 Å². The molecule has 0 aromatic heterocycles. The van der Waals surface area contributed by atoms with Gasteiger partial charge in [0.25, 0.3) is 0 Å². The molecule has 3 rings (SSSR count). The smallest absolute Gasteiger partial charge is 0.243 e. The van der Waals surface area contributed by atoms with Gasteiger partial charge in [-0.1, -0.05) is 44.2 Å². The van der Waals surface area contributed by atoms with Crippen molar-refractivity contribution in [1.82, 2.24) is 0 Å². The van der Waals surface area contributed by atoms with Gasteiger partial charge in [0, 0.05) is 17.8 Å². The molecule has 178 valence electrons. The Morgan fingerprint density at radius 3 is 2.00 bits per heavy atom. The first-order valence-corrected chi connectivity index (χ1v) is 11.3. The molecule has 0 bridgehead atoms. The molecule has 2 amide bonds. The molecule has 3 N–H and O–H groups in total. The summed E-state index contributed by atoms with van der Waals surface area (Å²) in [6, 6.07) is 24.1. The number of amides is 2. The molecule has 7 heteroatoms. The fourth-order valence-electron chi connectivity index (χ4n) is 3.17. The van der Waals surface area contributed by atoms with Crippen LogP contribution in [0.5, 0.6) is 11.5 Å². The van der Waals surface area contributed by atoms with E-state index in [1.54, 1.807) is 24.3 Å². The van der Waals surface area contributed by atoms with Crippen molar-refractivity contribution < 1.29 is 19.1 Å². The Kier molecular flexibility index (Phi) is 9.34. The number of hydrogen-bond acceptors (Lipinski definition) is 5. The molecular formula is C27H31N3O4. The quantitative estimate of drug-likeness (QED) is 0.324. The summed E-state index contributed by atoms with van der Waals surface area (Å²) in [6.07, 6.45) is 0.468. The number of anilines is 3. The van der Waals surface area contributed by atoms with Gasteiger partial charge in [0.1, 0.15) is 24.7 Å². The average Bonchev–Trinajstić information content (AvgIpc) is 2.82. The van der Waals surface area contributed by atoms with Crippen molar-refractivity contribution in [3.05, 3.63) is 78.9 Å². The molecular weight excluding hydrogens is 430 g/mol. The summed E-state index contributed by atoms with van der Waals surface area (Å²) >= 11 is 0. The predicted octanol–water partition coefficient (Wildman–Crippen LogP) is 5.18. The first-order chi connectivity index (χ1) is 16.5. The predicted molar refractivity (Wildman–Crippen MR) is 136 cm³/mol. The van der Waals surface area contributed by atoms with Crippen LogP contribution in [0.25, 0.3) is 0 Å². The normalized spacial score (nSPS) is 10.4. The maximum absolute atomic E-state index is 12.4. The Hall–Kier alpha value is -4.00. The van der Waals surface area contributed by atoms with Crippen LogP contribution in [0.3, 0.4) is 0 Å². The lowest BCUT2D eigenvalue weighted by atomic mass is 10.1. The SMILES string of the molecule is CC(C)CC(=O)Nc1ccc(NC(=O)CNc2ccccc2OCCOc2ccccc2)cc1. The van der Waals surface area contributed by atoms with Crippen LogP contribution in [0, 0.1) is 5.92 Å². The summed E-state index contributed by atoms with van der Waals surface area (Å²) in [5.74, 6) is 1.51. The number of carbonyl (C=O) groups excluding carboxylic acids is 2. The number of carbonyl (C=O) groups is 2. The molecule has 0 saturated carbocycles. The van der Waals surface area contributed by atoms with Crippen LogP contribution in [0.2, 0.25) is 0 Å². The largest absolute Gasteiger partial charge is 0.490 e. The Bertz CT molecular complexity index is 1050. The van der Waals surface area contributed by atoms with Crippen LogP contribution in [-0.4, -0.2) is 31.6 Å². The Balaban J connectivity index is 1.43. The minimum atomic E-state index is -0.196. The molecule has 0 radical (unpaired) electrons. The minimum absolute atomic E-state index is 0.0245. The molecule has 0 spiro atoms. The zero-order valence-corrected chi connectivity index (χ0v) is 19.5. The molecule has 0 aliphatic heterocycles. The zero-order chi connectivity index (χ0) is 24.2. The molecule has 0 aliphatic rings. The lowest BCUT2D eigenvalue weighted by Crippen LogP contribution is -2.22. The Morgan fingerprint density at radius 1 is 0.735 bits per heavy atom. The minimum Gasteiger partial charge on any atom is -0.490 e. The topological polar surface area (TPSA) is 88.7 Å². The Labute approximate surface area is 200 Å². The second-order valence-corrected chi connectivity index (χ2v) is 8.13. The van der Waals surface area contributed by atoms with Gasteiger partial charge in [-0.25, -0.2) is 0 Å². The highest BCUT2D eigenvalue weighted by Crippen LogP contribution is 2.23. The van der Waals surface area contributed by atoms with Gasteiger partial charge >= 0.3 is 0 Å². The van der Waals surface area contributed by atoms with Crippen molar-refractivity contribution in [3.63, 3.8) is 0 Å². The van der Waals surface area contributed by atoms with Crippen molar-refractivity contribution in [2.75, 3.05) is 35.7 Å². The van der Waals surface area contributed by atoms with E-state index in [1.165, 1.54) is 0 Å². The van der Waals surface area contributed by atoms with Crippen LogP contribution in [0.4, 0.5) is 17.1 Å². The maximum atomic E-state index is 12.4. The standard InChI is InChI=1S/C27H31N3O4/c1-20(2)18-26(31)29-21-12-14-22(15-13-21)30-27(32)19-28-24-10-6-7-11-25(24)34-17-16-33-23-8-4-3-5-9-23/h3-15,20,28H,16-19H2,1-2H3,(H,29,31)(H,30,32). The molecule has 0 heterocycles. The van der Waals surface area contributed by atoms with Crippen molar-refractivity contribution in [1.29, 1.82) is 0 Å². The van der Waals surface area contributed by atoms with E-state index in [0.717, 1.165) is 11.4 Å². The summed E-state index contributed by atoms with van der Waals surface area (Å²) in [5.41, 5.74) is 2.07. The van der Waals surface area contributed by atoms with E-state index in [9.17, 15) is 9.59 Å². The van der Waals surface area contributed by atoms with Crippen molar-refractivity contribution in [2.24, 2.45) is 5.92 Å². The number of benzene rings is 3. The number of para-hydroxylation sites is 3. The molecule has 0 atom stereocenters. The number of ether oxygens (including phenoxy) is 2. The van der Waals surface area contributed by atoms with Gasteiger partial charge in [-0.3, -0.25) is 9.59 Å². The van der Waals surface area contributed by atoms with Crippen LogP contribution in [-0.2, 0) is 9.59 Å². The van der Waals surface area contributed by atoms with Crippen LogP contribution < -0.4 is 25.4 Å². The van der Waals surface area contributed by atoms with Crippen molar-refractivity contribution in [3.8, 4) is 11.5 Å². The Morgan fingerprint density at radius 2 is 1.32 bits per heavy atom. The molecule has 0 aliphatic carbocycles. The summed E-state index contributed by atoms with van der Waals surface area (Å²) in [4.78, 5) is 24.3. The molecule has 0 fully saturated rings. The van der Waals surface area contributed by atoms with E-state index >= 15 is 0 Å². The van der Waals surface area contributed by atoms with Gasteiger partial charge in [0.05, 0.1) is 12.2 Å². The summed E-state index contributed by atoms with van der Waals surface area (Å²) in [5, 5.41) is 8.80. The van der Waals surface area contributed by atoms with Crippen molar-refractivity contribution in [2.45, 2.75) is 20.3 Å². The van der Waals surface area contributed by atoms with Gasteiger partial charge in [0.2, 0.25) is 11.8 Å². The van der Waals surface area contributed by atoms with Gasteiger partial charge in [0.15, 0.2) is 0 Å². The van der Waals surface area contributed by atoms with E-state index in [2.05, 4.69) is 16.0 Å². The average molecular weight is 462 g/mol. The molecule has 0 saturated heterocycles. The number of nitrogens with one attached hydrogen (secondary N) is 3. The third-order valence-electron chi connectivity index (χ3n) is 4.73. The lowest BCUT2D eigenvalue weighted by Gasteiger charge is -2.14. The van der Waals surface area contributed by atoms with Gasteiger partial charge in [-0.15, -0.1) is 0 Å². The molecule has 7 nitrogen and oxygen atoms in total. The monoisotopic (exact) mass is 461 g/mol. The zero-order valence-electron chi connectivity index (χ0n) is 19.5. The maximum Gasteiger partial charge on any atom is 0.243 e. The summed E-state index contributed by atoms with van der Waals surface area (Å²) in [7, 11) is 0. The second-order valence-electron chi connectivity index (χ2n) is 8.13. The molecule has 3 aromatic carbocycles. The highest BCUT2D eigenvalue weighted by atomic mass is 16.5. The highest BCUT2D eigenvalue weighted by Gasteiger charge is 2.08. The first kappa shape index (κ1) is 24.6. The fraction of sp³-hybridized carbons (Fsp3) is 0.259. The molecule has 0 unspecified atom stereocenters. The van der Waals surface area contributed by atoms with E-state index in [4.69, 9.17) is 9.47 Å². The summed E-state index contributed by atoms with van der Waals surface area (Å²) < 4.78 is 11.5. The third kappa shape index (κ3) is 8.50. The molecule has 34 heavy (non-hydrogen) atoms. The van der Waals surface area contributed by atoms with E-state index in [0.29, 0.717) is 42.7 Å². The van der Waals surface area contributed by atoms with Crippen molar-refractivity contribution >= 4 is 28.9 Å². The van der Waals surface area contributed by atoms with E-state index in [1.807, 2.05) is 68.4 Å². The van der Waals surface area contributed by atoms with E-state index < -0.39 is 0 Å².